The molecule has 1 heterocycles. The Morgan fingerprint density at radius 3 is 2.62 bits per heavy atom. The molecule has 0 aliphatic carbocycles. The first-order chi connectivity index (χ1) is 6.09. The molecule has 0 radical (unpaired) electrons. The summed E-state index contributed by atoms with van der Waals surface area (Å²) in [5.74, 6) is 1.67. The average Bonchev–Trinajstić information content (AvgIpc) is 2.48. The minimum Gasteiger partial charge on any atom is -0.384 e. The smallest absolute Gasteiger partial charge is 0.255 e. The normalized spacial score (nSPS) is 13.6. The number of rotatable bonds is 4. The summed E-state index contributed by atoms with van der Waals surface area (Å²) in [6.45, 7) is 5.83. The van der Waals surface area contributed by atoms with Gasteiger partial charge in [-0.15, -0.1) is 0 Å². The molecular formula is C8H14N2O2S. The highest BCUT2D eigenvalue weighted by atomic mass is 32.2. The van der Waals surface area contributed by atoms with Crippen molar-refractivity contribution in [2.24, 2.45) is 0 Å². The van der Waals surface area contributed by atoms with Crippen molar-refractivity contribution >= 4 is 11.8 Å². The minimum absolute atomic E-state index is 0.291. The molecular weight excluding hydrogens is 188 g/mol. The Kier molecular flexibility index (Phi) is 3.74. The van der Waals surface area contributed by atoms with Crippen LogP contribution in [0.3, 0.4) is 0 Å². The zero-order valence-electron chi connectivity index (χ0n) is 8.02. The minimum atomic E-state index is -0.676. The van der Waals surface area contributed by atoms with Crippen LogP contribution < -0.4 is 0 Å². The summed E-state index contributed by atoms with van der Waals surface area (Å²) < 4.78 is 4.83. The molecule has 0 aliphatic rings. The van der Waals surface area contributed by atoms with Gasteiger partial charge in [0.2, 0.25) is 0 Å². The molecule has 0 bridgehead atoms. The van der Waals surface area contributed by atoms with Gasteiger partial charge in [0.15, 0.2) is 5.82 Å². The third-order valence-electron chi connectivity index (χ3n) is 1.39. The van der Waals surface area contributed by atoms with E-state index in [0.717, 1.165) is 5.75 Å². The highest BCUT2D eigenvalue weighted by Gasteiger charge is 2.11. The summed E-state index contributed by atoms with van der Waals surface area (Å²) in [7, 11) is 0. The third kappa shape index (κ3) is 3.36. The Hall–Kier alpha value is -0.550. The highest BCUT2D eigenvalue weighted by Crippen LogP contribution is 2.16. The second-order valence-electron chi connectivity index (χ2n) is 3.08. The van der Waals surface area contributed by atoms with Crippen LogP contribution in [0.5, 0.6) is 0 Å². The fourth-order valence-corrected chi connectivity index (χ4v) is 1.34. The van der Waals surface area contributed by atoms with Gasteiger partial charge in [-0.25, -0.2) is 0 Å². The standard InChI is InChI=1S/C8H14N2O2S/c1-5(2)13-4-7-9-8(6(3)11)12-10-7/h5-6,11H,4H2,1-3H3/t6-/m0/s1. The zero-order valence-corrected chi connectivity index (χ0v) is 8.84. The molecule has 0 saturated heterocycles. The lowest BCUT2D eigenvalue weighted by atomic mass is 10.4. The molecule has 0 unspecified atom stereocenters. The average molecular weight is 202 g/mol. The van der Waals surface area contributed by atoms with Crippen molar-refractivity contribution in [1.29, 1.82) is 0 Å². The van der Waals surface area contributed by atoms with Crippen molar-refractivity contribution in [2.75, 3.05) is 0 Å². The zero-order chi connectivity index (χ0) is 9.84. The van der Waals surface area contributed by atoms with Crippen LogP contribution in [0.15, 0.2) is 4.52 Å². The van der Waals surface area contributed by atoms with Gasteiger partial charge in [0.05, 0.1) is 5.75 Å². The Morgan fingerprint density at radius 2 is 2.15 bits per heavy atom. The predicted molar refractivity (Wildman–Crippen MR) is 51.4 cm³/mol. The molecule has 1 aromatic heterocycles. The molecule has 1 N–H and O–H groups in total. The van der Waals surface area contributed by atoms with Crippen molar-refractivity contribution in [3.8, 4) is 0 Å². The SMILES string of the molecule is CC(C)SCc1noc([C@H](C)O)n1. The van der Waals surface area contributed by atoms with Crippen molar-refractivity contribution < 1.29 is 9.63 Å². The van der Waals surface area contributed by atoms with E-state index in [2.05, 4.69) is 24.0 Å². The molecule has 1 aromatic rings. The van der Waals surface area contributed by atoms with Crippen molar-refractivity contribution in [3.05, 3.63) is 11.7 Å². The fourth-order valence-electron chi connectivity index (χ4n) is 0.737. The Balaban J connectivity index is 2.49. The topological polar surface area (TPSA) is 59.2 Å². The number of aliphatic hydroxyl groups excluding tert-OH is 1. The molecule has 13 heavy (non-hydrogen) atoms. The number of aliphatic hydroxyl groups is 1. The van der Waals surface area contributed by atoms with Crippen LogP contribution in [-0.4, -0.2) is 20.5 Å². The quantitative estimate of drug-likeness (QED) is 0.806. The second-order valence-corrected chi connectivity index (χ2v) is 4.65. The molecule has 0 fully saturated rings. The maximum atomic E-state index is 9.11. The molecule has 0 aromatic carbocycles. The first-order valence-corrected chi connectivity index (χ1v) is 5.26. The van der Waals surface area contributed by atoms with Crippen LogP contribution in [0, 0.1) is 0 Å². The van der Waals surface area contributed by atoms with E-state index in [4.69, 9.17) is 9.63 Å². The number of nitrogens with zero attached hydrogens (tertiary/aromatic N) is 2. The molecule has 74 valence electrons. The summed E-state index contributed by atoms with van der Waals surface area (Å²) in [6.07, 6.45) is -0.676. The van der Waals surface area contributed by atoms with E-state index in [1.807, 2.05) is 0 Å². The molecule has 0 amide bonds. The van der Waals surface area contributed by atoms with E-state index in [9.17, 15) is 0 Å². The van der Waals surface area contributed by atoms with Crippen molar-refractivity contribution in [3.63, 3.8) is 0 Å². The van der Waals surface area contributed by atoms with Gasteiger partial charge in [-0.1, -0.05) is 19.0 Å². The summed E-state index contributed by atoms with van der Waals surface area (Å²) in [5.41, 5.74) is 0. The summed E-state index contributed by atoms with van der Waals surface area (Å²) in [6, 6.07) is 0. The molecule has 1 atom stereocenters. The monoisotopic (exact) mass is 202 g/mol. The summed E-state index contributed by atoms with van der Waals surface area (Å²) in [4.78, 5) is 4.03. The first-order valence-electron chi connectivity index (χ1n) is 4.21. The second kappa shape index (κ2) is 4.62. The lowest BCUT2D eigenvalue weighted by Gasteiger charge is -1.99. The van der Waals surface area contributed by atoms with Crippen LogP contribution in [0.4, 0.5) is 0 Å². The maximum absolute atomic E-state index is 9.11. The summed E-state index contributed by atoms with van der Waals surface area (Å²) >= 11 is 1.74. The van der Waals surface area contributed by atoms with Gasteiger partial charge in [-0.2, -0.15) is 16.7 Å². The number of thioether (sulfide) groups is 1. The molecule has 5 heteroatoms. The Labute approximate surface area is 81.7 Å². The number of aromatic nitrogens is 2. The third-order valence-corrected chi connectivity index (χ3v) is 2.48. The van der Waals surface area contributed by atoms with Gasteiger partial charge in [-0.05, 0) is 12.2 Å². The molecule has 0 aliphatic heterocycles. The van der Waals surface area contributed by atoms with Crippen LogP contribution in [0.2, 0.25) is 0 Å². The maximum Gasteiger partial charge on any atom is 0.255 e. The summed E-state index contributed by atoms with van der Waals surface area (Å²) in [5, 5.41) is 13.4. The Bertz CT molecular complexity index is 260. The van der Waals surface area contributed by atoms with Crippen LogP contribution in [0.25, 0.3) is 0 Å². The van der Waals surface area contributed by atoms with Gasteiger partial charge < -0.3 is 9.63 Å². The van der Waals surface area contributed by atoms with E-state index in [1.54, 1.807) is 18.7 Å². The van der Waals surface area contributed by atoms with Gasteiger partial charge in [0.1, 0.15) is 6.10 Å². The molecule has 0 spiro atoms. The van der Waals surface area contributed by atoms with Gasteiger partial charge in [0.25, 0.3) is 5.89 Å². The van der Waals surface area contributed by atoms with Crippen LogP contribution in [-0.2, 0) is 5.75 Å². The lowest BCUT2D eigenvalue weighted by Crippen LogP contribution is -1.93. The van der Waals surface area contributed by atoms with Gasteiger partial charge in [0, 0.05) is 0 Å². The molecule has 1 rings (SSSR count). The van der Waals surface area contributed by atoms with E-state index in [-0.39, 0.29) is 0 Å². The van der Waals surface area contributed by atoms with Gasteiger partial charge >= 0.3 is 0 Å². The lowest BCUT2D eigenvalue weighted by molar-refractivity contribution is 0.151. The fraction of sp³-hybridized carbons (Fsp3) is 0.750. The number of hydrogen-bond donors (Lipinski definition) is 1. The van der Waals surface area contributed by atoms with Crippen molar-refractivity contribution in [2.45, 2.75) is 37.9 Å². The van der Waals surface area contributed by atoms with E-state index < -0.39 is 6.10 Å². The number of hydrogen-bond acceptors (Lipinski definition) is 5. The highest BCUT2D eigenvalue weighted by molar-refractivity contribution is 7.99. The molecule has 4 nitrogen and oxygen atoms in total. The predicted octanol–water partition coefficient (Wildman–Crippen LogP) is 1.76. The largest absolute Gasteiger partial charge is 0.384 e. The van der Waals surface area contributed by atoms with Crippen LogP contribution in [0.1, 0.15) is 38.6 Å². The van der Waals surface area contributed by atoms with E-state index >= 15 is 0 Å². The van der Waals surface area contributed by atoms with Gasteiger partial charge in [-0.3, -0.25) is 0 Å². The van der Waals surface area contributed by atoms with E-state index in [0.29, 0.717) is 17.0 Å². The van der Waals surface area contributed by atoms with E-state index in [1.165, 1.54) is 0 Å². The molecule has 0 saturated carbocycles. The van der Waals surface area contributed by atoms with Crippen molar-refractivity contribution in [1.82, 2.24) is 10.1 Å². The Morgan fingerprint density at radius 1 is 1.46 bits per heavy atom. The first kappa shape index (κ1) is 10.5. The van der Waals surface area contributed by atoms with Crippen LogP contribution >= 0.6 is 11.8 Å².